The van der Waals surface area contributed by atoms with Crippen LogP contribution in [-0.4, -0.2) is 68.2 Å². The monoisotopic (exact) mass is 543 g/mol. The molecule has 0 spiro atoms. The van der Waals surface area contributed by atoms with Crippen LogP contribution in [0.25, 0.3) is 22.0 Å². The molecule has 0 atom stereocenters. The number of H-pyrrole nitrogens is 1. The number of hydrogen-bond acceptors (Lipinski definition) is 6. The summed E-state index contributed by atoms with van der Waals surface area (Å²) >= 11 is 0. The number of rotatable bonds is 8. The van der Waals surface area contributed by atoms with Crippen molar-refractivity contribution in [3.05, 3.63) is 69.5 Å². The smallest absolute Gasteiger partial charge is 0.253 e. The number of benzene rings is 1. The average Bonchev–Trinajstić information content (AvgIpc) is 3.72. The Labute approximate surface area is 233 Å². The number of nitrogens with zero attached hydrogens (tertiary/aromatic N) is 5. The summed E-state index contributed by atoms with van der Waals surface area (Å²) in [6.45, 7) is 9.07. The Hall–Kier alpha value is -3.76. The van der Waals surface area contributed by atoms with Gasteiger partial charge in [-0.3, -0.25) is 23.9 Å². The molecular formula is C30H37N7O3. The van der Waals surface area contributed by atoms with Crippen LogP contribution in [0.5, 0.6) is 0 Å². The van der Waals surface area contributed by atoms with Gasteiger partial charge in [0.2, 0.25) is 0 Å². The van der Waals surface area contributed by atoms with Gasteiger partial charge < -0.3 is 15.0 Å². The van der Waals surface area contributed by atoms with E-state index in [0.29, 0.717) is 17.2 Å². The van der Waals surface area contributed by atoms with E-state index in [0.717, 1.165) is 85.5 Å². The quantitative estimate of drug-likeness (QED) is 0.352. The molecule has 0 radical (unpaired) electrons. The second-order valence-corrected chi connectivity index (χ2v) is 11.1. The minimum atomic E-state index is -0.225. The van der Waals surface area contributed by atoms with Gasteiger partial charge >= 0.3 is 0 Å². The Bertz CT molecular complexity index is 1570. The lowest BCUT2D eigenvalue weighted by Crippen LogP contribution is -2.38. The van der Waals surface area contributed by atoms with E-state index in [-0.39, 0.29) is 18.0 Å². The molecular weight excluding hydrogens is 506 g/mol. The molecule has 1 amide bonds. The van der Waals surface area contributed by atoms with Gasteiger partial charge in [-0.2, -0.15) is 10.2 Å². The second-order valence-electron chi connectivity index (χ2n) is 11.1. The molecule has 1 aliphatic carbocycles. The lowest BCUT2D eigenvalue weighted by molar-refractivity contribution is 0.0360. The van der Waals surface area contributed by atoms with E-state index in [1.54, 1.807) is 0 Å². The molecule has 2 N–H and O–H groups in total. The lowest BCUT2D eigenvalue weighted by atomic mass is 10.0. The number of amides is 1. The fourth-order valence-corrected chi connectivity index (χ4v) is 6.01. The predicted octanol–water partition coefficient (Wildman–Crippen LogP) is 3.58. The summed E-state index contributed by atoms with van der Waals surface area (Å²) in [5.74, 6) is -0.225. The second kappa shape index (κ2) is 11.4. The van der Waals surface area contributed by atoms with E-state index >= 15 is 0 Å². The molecule has 6 rings (SSSR count). The zero-order valence-electron chi connectivity index (χ0n) is 23.3. The normalized spacial score (nSPS) is 16.6. The number of hydrogen-bond donors (Lipinski definition) is 2. The molecule has 10 nitrogen and oxygen atoms in total. The van der Waals surface area contributed by atoms with Gasteiger partial charge in [-0.1, -0.05) is 12.8 Å². The van der Waals surface area contributed by atoms with Gasteiger partial charge in [0.1, 0.15) is 0 Å². The number of nitrogens with one attached hydrogen (secondary N) is 2. The van der Waals surface area contributed by atoms with Crippen molar-refractivity contribution in [1.29, 1.82) is 0 Å². The minimum absolute atomic E-state index is 0.155. The lowest BCUT2D eigenvalue weighted by Gasteiger charge is -2.26. The van der Waals surface area contributed by atoms with Crippen LogP contribution in [0.2, 0.25) is 0 Å². The summed E-state index contributed by atoms with van der Waals surface area (Å²) in [4.78, 5) is 31.4. The summed E-state index contributed by atoms with van der Waals surface area (Å²) in [6.07, 6.45) is 10.3. The molecule has 2 fully saturated rings. The van der Waals surface area contributed by atoms with Gasteiger partial charge in [-0.05, 0) is 56.0 Å². The highest BCUT2D eigenvalue weighted by Gasteiger charge is 2.23. The zero-order valence-corrected chi connectivity index (χ0v) is 23.3. The first-order chi connectivity index (χ1) is 19.5. The molecule has 1 aromatic carbocycles. The van der Waals surface area contributed by atoms with Gasteiger partial charge in [0.15, 0.2) is 0 Å². The van der Waals surface area contributed by atoms with Gasteiger partial charge in [0.25, 0.3) is 11.5 Å². The Balaban J connectivity index is 1.30. The third kappa shape index (κ3) is 5.46. The van der Waals surface area contributed by atoms with E-state index < -0.39 is 0 Å². The minimum Gasteiger partial charge on any atom is -0.379 e. The number of ether oxygens (including phenoxy) is 1. The Morgan fingerprint density at radius 3 is 2.62 bits per heavy atom. The van der Waals surface area contributed by atoms with Crippen molar-refractivity contribution in [3.63, 3.8) is 0 Å². The molecule has 0 bridgehead atoms. The number of aromatic amines is 1. The molecule has 4 aromatic rings. The molecule has 1 saturated heterocycles. The first kappa shape index (κ1) is 26.5. The highest BCUT2D eigenvalue weighted by atomic mass is 16.5. The maximum absolute atomic E-state index is 13.6. The topological polar surface area (TPSA) is 110 Å². The summed E-state index contributed by atoms with van der Waals surface area (Å²) in [7, 11) is 0. The van der Waals surface area contributed by atoms with E-state index in [2.05, 4.69) is 37.2 Å². The largest absolute Gasteiger partial charge is 0.379 e. The van der Waals surface area contributed by atoms with Gasteiger partial charge in [-0.25, -0.2) is 0 Å². The highest BCUT2D eigenvalue weighted by Crippen LogP contribution is 2.34. The van der Waals surface area contributed by atoms with Crippen LogP contribution in [-0.2, 0) is 17.8 Å². The molecule has 10 heteroatoms. The first-order valence-electron chi connectivity index (χ1n) is 14.3. The fraction of sp³-hybridized carbons (Fsp3) is 0.467. The molecule has 3 aromatic heterocycles. The molecule has 2 aliphatic rings. The van der Waals surface area contributed by atoms with E-state index in [1.165, 1.54) is 12.8 Å². The summed E-state index contributed by atoms with van der Waals surface area (Å²) < 4.78 is 9.52. The van der Waals surface area contributed by atoms with Crippen molar-refractivity contribution in [1.82, 2.24) is 34.8 Å². The standard InChI is InChI=1S/C30H37N7O3/c1-20-13-21(2)34-30(39)26(20)17-31-29(38)25-14-22(15-28-27(25)18-33-37(28)24-5-3-4-6-24)23-16-32-36(19-23)8-7-35-9-11-40-12-10-35/h13-16,18-19,24H,3-12,17H2,1-2H3,(H,31,38)(H,34,39). The maximum atomic E-state index is 13.6. The number of pyridine rings is 1. The van der Waals surface area contributed by atoms with Gasteiger partial charge in [0.05, 0.1) is 49.3 Å². The molecule has 1 aliphatic heterocycles. The molecule has 1 saturated carbocycles. The number of morpholine rings is 1. The van der Waals surface area contributed by atoms with E-state index in [1.807, 2.05) is 43.1 Å². The van der Waals surface area contributed by atoms with Crippen LogP contribution >= 0.6 is 0 Å². The molecule has 4 heterocycles. The van der Waals surface area contributed by atoms with Gasteiger partial charge in [-0.15, -0.1) is 0 Å². The molecule has 210 valence electrons. The van der Waals surface area contributed by atoms with Crippen molar-refractivity contribution in [2.45, 2.75) is 58.7 Å². The van der Waals surface area contributed by atoms with Crippen LogP contribution in [0.3, 0.4) is 0 Å². The van der Waals surface area contributed by atoms with E-state index in [9.17, 15) is 9.59 Å². The molecule has 0 unspecified atom stereocenters. The van der Waals surface area contributed by atoms with Gasteiger partial charge in [0, 0.05) is 54.6 Å². The third-order valence-electron chi connectivity index (χ3n) is 8.27. The van der Waals surface area contributed by atoms with Crippen LogP contribution in [0.15, 0.2) is 41.6 Å². The number of aromatic nitrogens is 5. The Morgan fingerprint density at radius 2 is 1.85 bits per heavy atom. The first-order valence-corrected chi connectivity index (χ1v) is 14.3. The zero-order chi connectivity index (χ0) is 27.6. The Morgan fingerprint density at radius 1 is 1.05 bits per heavy atom. The van der Waals surface area contributed by atoms with Crippen LogP contribution in [0.4, 0.5) is 0 Å². The average molecular weight is 544 g/mol. The summed E-state index contributed by atoms with van der Waals surface area (Å²) in [6, 6.07) is 6.32. The molecule has 40 heavy (non-hydrogen) atoms. The number of carbonyl (C=O) groups is 1. The van der Waals surface area contributed by atoms with Crippen LogP contribution in [0.1, 0.15) is 58.9 Å². The Kier molecular flexibility index (Phi) is 7.53. The van der Waals surface area contributed by atoms with Crippen molar-refractivity contribution < 1.29 is 9.53 Å². The number of fused-ring (bicyclic) bond motifs is 1. The van der Waals surface area contributed by atoms with Crippen LogP contribution < -0.4 is 10.9 Å². The van der Waals surface area contributed by atoms with Crippen molar-refractivity contribution in [2.24, 2.45) is 0 Å². The fourth-order valence-electron chi connectivity index (χ4n) is 6.01. The third-order valence-corrected chi connectivity index (χ3v) is 8.27. The number of carbonyl (C=O) groups excluding carboxylic acids is 1. The van der Waals surface area contributed by atoms with Crippen molar-refractivity contribution in [2.75, 3.05) is 32.8 Å². The van der Waals surface area contributed by atoms with Crippen molar-refractivity contribution in [3.8, 4) is 11.1 Å². The summed E-state index contributed by atoms with van der Waals surface area (Å²) in [5, 5.41) is 13.2. The highest BCUT2D eigenvalue weighted by molar-refractivity contribution is 6.08. The predicted molar refractivity (Wildman–Crippen MR) is 153 cm³/mol. The van der Waals surface area contributed by atoms with Crippen LogP contribution in [0, 0.1) is 13.8 Å². The van der Waals surface area contributed by atoms with Crippen molar-refractivity contribution >= 4 is 16.8 Å². The summed E-state index contributed by atoms with van der Waals surface area (Å²) in [5.41, 5.74) is 5.46. The van der Waals surface area contributed by atoms with E-state index in [4.69, 9.17) is 9.84 Å². The maximum Gasteiger partial charge on any atom is 0.253 e. The SMILES string of the molecule is Cc1cc(C)c(CNC(=O)c2cc(-c3cnn(CCN4CCOCC4)c3)cc3c2cnn3C2CCCC2)c(=O)[nH]1. The number of aryl methyl sites for hydroxylation is 2.